The molecule has 0 saturated carbocycles. The molecule has 0 atom stereocenters. The van der Waals surface area contributed by atoms with Gasteiger partial charge in [0, 0.05) is 24.2 Å². The molecular weight excluding hydrogens is 223 g/mol. The maximum Gasteiger partial charge on any atom is 0.270 e. The number of rotatable bonds is 5. The van der Waals surface area contributed by atoms with Gasteiger partial charge in [-0.1, -0.05) is 18.6 Å². The molecule has 0 fully saturated rings. The second-order valence-electron chi connectivity index (χ2n) is 3.73. The standard InChI is InChI=1S/C12H15FN2O2/c1-3-14-8-9(2)6-10-7-11(15(16)17)4-5-12(10)13/h4-7,14H,3,8H2,1-2H3/b9-6+. The van der Waals surface area contributed by atoms with Crippen molar-refractivity contribution in [3.63, 3.8) is 0 Å². The highest BCUT2D eigenvalue weighted by atomic mass is 19.1. The molecular formula is C12H15FN2O2. The molecule has 1 rings (SSSR count). The van der Waals surface area contributed by atoms with Crippen LogP contribution in [0.25, 0.3) is 6.08 Å². The Hall–Kier alpha value is -1.75. The maximum absolute atomic E-state index is 13.4. The lowest BCUT2D eigenvalue weighted by molar-refractivity contribution is -0.384. The Kier molecular flexibility index (Phi) is 4.78. The first-order valence-corrected chi connectivity index (χ1v) is 5.36. The third-order valence-corrected chi connectivity index (χ3v) is 2.25. The molecule has 4 nitrogen and oxygen atoms in total. The normalized spacial score (nSPS) is 11.6. The molecule has 0 saturated heterocycles. The zero-order valence-electron chi connectivity index (χ0n) is 9.87. The number of nitro groups is 1. The van der Waals surface area contributed by atoms with Crippen LogP contribution in [0.1, 0.15) is 19.4 Å². The van der Waals surface area contributed by atoms with Crippen molar-refractivity contribution in [2.45, 2.75) is 13.8 Å². The molecule has 0 aliphatic heterocycles. The van der Waals surface area contributed by atoms with Crippen molar-refractivity contribution in [1.82, 2.24) is 5.32 Å². The summed E-state index contributed by atoms with van der Waals surface area (Å²) in [6, 6.07) is 3.52. The maximum atomic E-state index is 13.4. The molecule has 1 aromatic rings. The zero-order valence-corrected chi connectivity index (χ0v) is 9.87. The summed E-state index contributed by atoms with van der Waals surface area (Å²) in [5, 5.41) is 13.7. The third kappa shape index (κ3) is 3.96. The molecule has 0 amide bonds. The number of benzene rings is 1. The molecule has 0 bridgehead atoms. The van der Waals surface area contributed by atoms with E-state index < -0.39 is 10.7 Å². The summed E-state index contributed by atoms with van der Waals surface area (Å²) in [5.41, 5.74) is 1.06. The van der Waals surface area contributed by atoms with Gasteiger partial charge in [-0.2, -0.15) is 0 Å². The van der Waals surface area contributed by atoms with Gasteiger partial charge in [0.2, 0.25) is 0 Å². The topological polar surface area (TPSA) is 55.2 Å². The van der Waals surface area contributed by atoms with Crippen LogP contribution in [0.2, 0.25) is 0 Å². The van der Waals surface area contributed by atoms with Gasteiger partial charge in [-0.15, -0.1) is 0 Å². The quantitative estimate of drug-likeness (QED) is 0.634. The lowest BCUT2D eigenvalue weighted by Crippen LogP contribution is -2.14. The summed E-state index contributed by atoms with van der Waals surface area (Å²) >= 11 is 0. The van der Waals surface area contributed by atoms with Crippen LogP contribution in [-0.4, -0.2) is 18.0 Å². The second kappa shape index (κ2) is 6.10. The van der Waals surface area contributed by atoms with Crippen molar-refractivity contribution in [3.8, 4) is 0 Å². The number of nitrogens with zero attached hydrogens (tertiary/aromatic N) is 1. The van der Waals surface area contributed by atoms with E-state index >= 15 is 0 Å². The molecule has 0 radical (unpaired) electrons. The lowest BCUT2D eigenvalue weighted by atomic mass is 10.1. The van der Waals surface area contributed by atoms with Crippen LogP contribution in [0.15, 0.2) is 23.8 Å². The summed E-state index contributed by atoms with van der Waals surface area (Å²) < 4.78 is 13.4. The number of hydrogen-bond acceptors (Lipinski definition) is 3. The van der Waals surface area contributed by atoms with Crippen LogP contribution in [0.3, 0.4) is 0 Å². The summed E-state index contributed by atoms with van der Waals surface area (Å²) in [6.45, 7) is 5.28. The van der Waals surface area contributed by atoms with E-state index in [0.717, 1.165) is 24.3 Å². The predicted octanol–water partition coefficient (Wildman–Crippen LogP) is 2.75. The number of nitro benzene ring substituents is 1. The van der Waals surface area contributed by atoms with Gasteiger partial charge in [0.15, 0.2) is 0 Å². The molecule has 1 N–H and O–H groups in total. The van der Waals surface area contributed by atoms with Gasteiger partial charge in [0.1, 0.15) is 5.82 Å². The first-order valence-electron chi connectivity index (χ1n) is 5.36. The van der Waals surface area contributed by atoms with Crippen molar-refractivity contribution in [2.24, 2.45) is 0 Å². The van der Waals surface area contributed by atoms with E-state index in [9.17, 15) is 14.5 Å². The molecule has 5 heteroatoms. The van der Waals surface area contributed by atoms with Crippen LogP contribution in [0.4, 0.5) is 10.1 Å². The molecule has 17 heavy (non-hydrogen) atoms. The number of non-ortho nitro benzene ring substituents is 1. The van der Waals surface area contributed by atoms with Crippen molar-refractivity contribution >= 4 is 11.8 Å². The van der Waals surface area contributed by atoms with Gasteiger partial charge in [-0.25, -0.2) is 4.39 Å². The van der Waals surface area contributed by atoms with Crippen molar-refractivity contribution in [2.75, 3.05) is 13.1 Å². The van der Waals surface area contributed by atoms with E-state index in [1.54, 1.807) is 6.08 Å². The SMILES string of the molecule is CCNC/C(C)=C/c1cc([N+](=O)[O-])ccc1F. The van der Waals surface area contributed by atoms with E-state index in [-0.39, 0.29) is 11.3 Å². The van der Waals surface area contributed by atoms with Crippen LogP contribution >= 0.6 is 0 Å². The Bertz CT molecular complexity index is 444. The molecule has 0 heterocycles. The highest BCUT2D eigenvalue weighted by Crippen LogP contribution is 2.19. The van der Waals surface area contributed by atoms with Gasteiger partial charge in [0.05, 0.1) is 4.92 Å². The van der Waals surface area contributed by atoms with Crippen LogP contribution in [0, 0.1) is 15.9 Å². The number of likely N-dealkylation sites (N-methyl/N-ethyl adjacent to an activating group) is 1. The zero-order chi connectivity index (χ0) is 12.8. The minimum absolute atomic E-state index is 0.103. The minimum Gasteiger partial charge on any atom is -0.313 e. The average molecular weight is 238 g/mol. The summed E-state index contributed by atoms with van der Waals surface area (Å²) in [6.07, 6.45) is 1.62. The molecule has 0 aromatic heterocycles. The monoisotopic (exact) mass is 238 g/mol. The van der Waals surface area contributed by atoms with Crippen molar-refractivity contribution in [1.29, 1.82) is 0 Å². The second-order valence-corrected chi connectivity index (χ2v) is 3.73. The Morgan fingerprint density at radius 3 is 2.88 bits per heavy atom. The first-order chi connectivity index (χ1) is 8.04. The van der Waals surface area contributed by atoms with Crippen molar-refractivity contribution < 1.29 is 9.31 Å². The largest absolute Gasteiger partial charge is 0.313 e. The van der Waals surface area contributed by atoms with E-state index in [4.69, 9.17) is 0 Å². The molecule has 1 aromatic carbocycles. The minimum atomic E-state index is -0.531. The van der Waals surface area contributed by atoms with Crippen LogP contribution in [-0.2, 0) is 0 Å². The fourth-order valence-corrected chi connectivity index (χ4v) is 1.39. The average Bonchev–Trinajstić information content (AvgIpc) is 2.29. The third-order valence-electron chi connectivity index (χ3n) is 2.25. The number of hydrogen-bond donors (Lipinski definition) is 1. The first kappa shape index (κ1) is 13.3. The van der Waals surface area contributed by atoms with Crippen molar-refractivity contribution in [3.05, 3.63) is 45.3 Å². The molecule has 0 aliphatic rings. The molecule has 0 spiro atoms. The van der Waals surface area contributed by atoms with Gasteiger partial charge in [-0.05, 0) is 19.5 Å². The summed E-state index contributed by atoms with van der Waals surface area (Å²) in [5.74, 6) is -0.452. The molecule has 92 valence electrons. The number of halogens is 1. The highest BCUT2D eigenvalue weighted by molar-refractivity contribution is 5.56. The van der Waals surface area contributed by atoms with E-state index in [2.05, 4.69) is 5.32 Å². The van der Waals surface area contributed by atoms with Gasteiger partial charge in [0.25, 0.3) is 5.69 Å². The Morgan fingerprint density at radius 1 is 1.59 bits per heavy atom. The van der Waals surface area contributed by atoms with E-state index in [1.807, 2.05) is 13.8 Å². The highest BCUT2D eigenvalue weighted by Gasteiger charge is 2.09. The predicted molar refractivity (Wildman–Crippen MR) is 65.2 cm³/mol. The van der Waals surface area contributed by atoms with Crippen LogP contribution in [0.5, 0.6) is 0 Å². The van der Waals surface area contributed by atoms with Gasteiger partial charge < -0.3 is 5.32 Å². The van der Waals surface area contributed by atoms with E-state index in [0.29, 0.717) is 6.54 Å². The van der Waals surface area contributed by atoms with Crippen LogP contribution < -0.4 is 5.32 Å². The Morgan fingerprint density at radius 2 is 2.29 bits per heavy atom. The van der Waals surface area contributed by atoms with Gasteiger partial charge >= 0.3 is 0 Å². The molecule has 0 aliphatic carbocycles. The fourth-order valence-electron chi connectivity index (χ4n) is 1.39. The summed E-state index contributed by atoms with van der Waals surface area (Å²) in [7, 11) is 0. The Balaban J connectivity index is 2.96. The van der Waals surface area contributed by atoms with Gasteiger partial charge in [-0.3, -0.25) is 10.1 Å². The summed E-state index contributed by atoms with van der Waals surface area (Å²) in [4.78, 5) is 10.0. The smallest absolute Gasteiger partial charge is 0.270 e. The fraction of sp³-hybridized carbons (Fsp3) is 0.333. The number of nitrogens with one attached hydrogen (secondary N) is 1. The lowest BCUT2D eigenvalue weighted by Gasteiger charge is -2.03. The molecule has 0 unspecified atom stereocenters. The van der Waals surface area contributed by atoms with E-state index in [1.165, 1.54) is 6.07 Å². The Labute approximate surface area is 99.3 Å².